The fourth-order valence-electron chi connectivity index (χ4n) is 0.989. The Hall–Kier alpha value is -0.0400. The molecule has 0 aromatic rings. The summed E-state index contributed by atoms with van der Waals surface area (Å²) in [7, 11) is 1.79. The van der Waals surface area contributed by atoms with Gasteiger partial charge in [0.25, 0.3) is 0 Å². The van der Waals surface area contributed by atoms with Gasteiger partial charge in [-0.2, -0.15) is 0 Å². The Bertz CT molecular complexity index is 154. The third kappa shape index (κ3) is 11.9. The largest absolute Gasteiger partial charge is 0.382 e. The van der Waals surface area contributed by atoms with E-state index in [1.54, 1.807) is 7.05 Å². The molecule has 0 aliphatic heterocycles. The number of rotatable bonds is 7. The van der Waals surface area contributed by atoms with E-state index in [-0.39, 0.29) is 24.0 Å². The van der Waals surface area contributed by atoms with E-state index in [9.17, 15) is 0 Å². The summed E-state index contributed by atoms with van der Waals surface area (Å²) < 4.78 is 5.23. The molecule has 0 bridgehead atoms. The van der Waals surface area contributed by atoms with Gasteiger partial charge in [-0.1, -0.05) is 6.92 Å². The highest BCUT2D eigenvalue weighted by Gasteiger charge is 1.94. The van der Waals surface area contributed by atoms with Gasteiger partial charge in [0, 0.05) is 33.4 Å². The Balaban J connectivity index is 0. The summed E-state index contributed by atoms with van der Waals surface area (Å²) in [5, 5.41) is 6.43. The molecule has 0 aromatic carbocycles. The molecule has 0 saturated carbocycles. The lowest BCUT2D eigenvalue weighted by atomic mass is 10.4. The van der Waals surface area contributed by atoms with E-state index in [0.717, 1.165) is 45.1 Å². The second-order valence-corrected chi connectivity index (χ2v) is 2.98. The molecular formula is C10H24IN3O. The van der Waals surface area contributed by atoms with E-state index in [1.165, 1.54) is 0 Å². The van der Waals surface area contributed by atoms with Crippen molar-refractivity contribution in [2.24, 2.45) is 4.99 Å². The zero-order valence-corrected chi connectivity index (χ0v) is 12.3. The molecule has 15 heavy (non-hydrogen) atoms. The van der Waals surface area contributed by atoms with Crippen molar-refractivity contribution in [1.29, 1.82) is 0 Å². The van der Waals surface area contributed by atoms with Crippen molar-refractivity contribution in [1.82, 2.24) is 10.6 Å². The minimum atomic E-state index is 0. The Morgan fingerprint density at radius 2 is 1.87 bits per heavy atom. The number of guanidine groups is 1. The summed E-state index contributed by atoms with van der Waals surface area (Å²) in [5.41, 5.74) is 0. The normalized spacial score (nSPS) is 10.7. The lowest BCUT2D eigenvalue weighted by molar-refractivity contribution is 0.145. The van der Waals surface area contributed by atoms with Crippen molar-refractivity contribution >= 4 is 29.9 Å². The Morgan fingerprint density at radius 1 is 1.20 bits per heavy atom. The monoisotopic (exact) mass is 329 g/mol. The number of halogens is 1. The molecule has 0 atom stereocenters. The van der Waals surface area contributed by atoms with Crippen LogP contribution in [0.2, 0.25) is 0 Å². The Labute approximate surface area is 110 Å². The number of nitrogens with zero attached hydrogens (tertiary/aromatic N) is 1. The molecule has 0 saturated heterocycles. The van der Waals surface area contributed by atoms with Gasteiger partial charge in [0.2, 0.25) is 0 Å². The van der Waals surface area contributed by atoms with Crippen LogP contribution < -0.4 is 10.6 Å². The van der Waals surface area contributed by atoms with Crippen LogP contribution in [0.5, 0.6) is 0 Å². The molecule has 0 aliphatic carbocycles. The predicted octanol–water partition coefficient (Wildman–Crippen LogP) is 1.61. The molecule has 92 valence electrons. The summed E-state index contributed by atoms with van der Waals surface area (Å²) in [5.74, 6) is 0.878. The van der Waals surface area contributed by atoms with Crippen LogP contribution in [0.4, 0.5) is 0 Å². The van der Waals surface area contributed by atoms with Crippen molar-refractivity contribution in [3.8, 4) is 0 Å². The lowest BCUT2D eigenvalue weighted by Crippen LogP contribution is -2.38. The summed E-state index contributed by atoms with van der Waals surface area (Å²) in [6.07, 6.45) is 2.13. The maximum absolute atomic E-state index is 5.23. The Morgan fingerprint density at radius 3 is 2.40 bits per heavy atom. The fourth-order valence-corrected chi connectivity index (χ4v) is 0.989. The number of hydrogen-bond acceptors (Lipinski definition) is 2. The first-order valence-electron chi connectivity index (χ1n) is 5.37. The molecule has 0 aromatic heterocycles. The van der Waals surface area contributed by atoms with E-state index in [4.69, 9.17) is 4.74 Å². The maximum atomic E-state index is 5.23. The zero-order valence-electron chi connectivity index (χ0n) is 10.0. The van der Waals surface area contributed by atoms with Crippen LogP contribution in [0.1, 0.15) is 26.7 Å². The minimum absolute atomic E-state index is 0. The predicted molar refractivity (Wildman–Crippen MR) is 76.2 cm³/mol. The number of ether oxygens (including phenoxy) is 1. The van der Waals surface area contributed by atoms with Crippen molar-refractivity contribution in [2.75, 3.05) is 33.4 Å². The van der Waals surface area contributed by atoms with Crippen LogP contribution in [-0.2, 0) is 4.74 Å². The van der Waals surface area contributed by atoms with Crippen LogP contribution in [0.15, 0.2) is 4.99 Å². The van der Waals surface area contributed by atoms with Crippen LogP contribution in [0.3, 0.4) is 0 Å². The molecule has 2 N–H and O–H groups in total. The molecule has 5 heteroatoms. The molecule has 0 rings (SSSR count). The van der Waals surface area contributed by atoms with E-state index < -0.39 is 0 Å². The highest BCUT2D eigenvalue weighted by atomic mass is 127. The van der Waals surface area contributed by atoms with Gasteiger partial charge in [-0.25, -0.2) is 0 Å². The first-order valence-corrected chi connectivity index (χ1v) is 5.37. The highest BCUT2D eigenvalue weighted by Crippen LogP contribution is 1.80. The van der Waals surface area contributed by atoms with E-state index >= 15 is 0 Å². The average molecular weight is 329 g/mol. The molecule has 0 amide bonds. The van der Waals surface area contributed by atoms with Gasteiger partial charge in [-0.3, -0.25) is 4.99 Å². The summed E-state index contributed by atoms with van der Waals surface area (Å²) in [4.78, 5) is 4.10. The van der Waals surface area contributed by atoms with Crippen LogP contribution in [0.25, 0.3) is 0 Å². The number of aliphatic imine (C=N–C) groups is 1. The second kappa shape index (κ2) is 14.0. The molecule has 4 nitrogen and oxygen atoms in total. The van der Waals surface area contributed by atoms with Gasteiger partial charge in [-0.15, -0.1) is 24.0 Å². The Kier molecular flexibility index (Phi) is 16.2. The van der Waals surface area contributed by atoms with E-state index in [2.05, 4.69) is 22.5 Å². The molecular weight excluding hydrogens is 305 g/mol. The minimum Gasteiger partial charge on any atom is -0.382 e. The highest BCUT2D eigenvalue weighted by molar-refractivity contribution is 14.0. The van der Waals surface area contributed by atoms with Gasteiger partial charge in [0.05, 0.1) is 0 Å². The average Bonchev–Trinajstić information content (AvgIpc) is 2.22. The van der Waals surface area contributed by atoms with Gasteiger partial charge >= 0.3 is 0 Å². The third-order valence-corrected chi connectivity index (χ3v) is 1.73. The summed E-state index contributed by atoms with van der Waals surface area (Å²) >= 11 is 0. The first kappa shape index (κ1) is 17.4. The fraction of sp³-hybridized carbons (Fsp3) is 0.900. The number of nitrogens with one attached hydrogen (secondary N) is 2. The molecule has 0 spiro atoms. The standard InChI is InChI=1S/C10H23N3O.HI/c1-4-7-12-10(11-3)13-8-6-9-14-5-2;/h4-9H2,1-3H3,(H2,11,12,13);1H. The second-order valence-electron chi connectivity index (χ2n) is 2.98. The topological polar surface area (TPSA) is 45.7 Å². The van der Waals surface area contributed by atoms with Gasteiger partial charge in [-0.05, 0) is 19.8 Å². The summed E-state index contributed by atoms with van der Waals surface area (Å²) in [6, 6.07) is 0. The van der Waals surface area contributed by atoms with Crippen LogP contribution in [-0.4, -0.2) is 39.3 Å². The van der Waals surface area contributed by atoms with Crippen molar-refractivity contribution in [3.05, 3.63) is 0 Å². The molecule has 0 unspecified atom stereocenters. The zero-order chi connectivity index (χ0) is 10.6. The van der Waals surface area contributed by atoms with Gasteiger partial charge in [0.15, 0.2) is 5.96 Å². The maximum Gasteiger partial charge on any atom is 0.190 e. The van der Waals surface area contributed by atoms with Crippen molar-refractivity contribution in [2.45, 2.75) is 26.7 Å². The number of hydrogen-bond donors (Lipinski definition) is 2. The van der Waals surface area contributed by atoms with Crippen molar-refractivity contribution in [3.63, 3.8) is 0 Å². The molecule has 0 radical (unpaired) electrons. The first-order chi connectivity index (χ1) is 6.85. The third-order valence-electron chi connectivity index (χ3n) is 1.73. The lowest BCUT2D eigenvalue weighted by Gasteiger charge is -2.10. The van der Waals surface area contributed by atoms with Crippen LogP contribution >= 0.6 is 24.0 Å². The van der Waals surface area contributed by atoms with Crippen LogP contribution in [0, 0.1) is 0 Å². The van der Waals surface area contributed by atoms with Gasteiger partial charge < -0.3 is 15.4 Å². The van der Waals surface area contributed by atoms with Gasteiger partial charge in [0.1, 0.15) is 0 Å². The van der Waals surface area contributed by atoms with Crippen molar-refractivity contribution < 1.29 is 4.74 Å². The smallest absolute Gasteiger partial charge is 0.190 e. The quantitative estimate of drug-likeness (QED) is 0.323. The molecule has 0 heterocycles. The van der Waals surface area contributed by atoms with E-state index in [0.29, 0.717) is 0 Å². The molecule has 0 aliphatic rings. The SMILES string of the molecule is CCCNC(=NC)NCCCOCC.I. The summed E-state index contributed by atoms with van der Waals surface area (Å²) in [6.45, 7) is 7.62. The molecule has 0 fully saturated rings. The van der Waals surface area contributed by atoms with E-state index in [1.807, 2.05) is 6.92 Å².